The summed E-state index contributed by atoms with van der Waals surface area (Å²) in [5, 5.41) is 0. The fourth-order valence-electron chi connectivity index (χ4n) is 2.33. The lowest BCUT2D eigenvalue weighted by Gasteiger charge is -2.08. The number of imidazole rings is 1. The number of hydrogen-bond acceptors (Lipinski definition) is 1. The van der Waals surface area contributed by atoms with Crippen molar-refractivity contribution in [1.82, 2.24) is 9.55 Å². The van der Waals surface area contributed by atoms with Crippen LogP contribution in [0.3, 0.4) is 0 Å². The number of aryl methyl sites for hydroxylation is 1. The second-order valence-corrected chi connectivity index (χ2v) is 6.85. The van der Waals surface area contributed by atoms with Gasteiger partial charge in [-0.2, -0.15) is 0 Å². The van der Waals surface area contributed by atoms with Crippen LogP contribution in [0.2, 0.25) is 0 Å². The zero-order chi connectivity index (χ0) is 13.8. The van der Waals surface area contributed by atoms with E-state index in [1.54, 1.807) is 0 Å². The van der Waals surface area contributed by atoms with Gasteiger partial charge in [0, 0.05) is 10.1 Å². The average molecular weight is 391 g/mol. The van der Waals surface area contributed by atoms with E-state index in [2.05, 4.69) is 64.2 Å². The predicted molar refractivity (Wildman–Crippen MR) is 90.7 cm³/mol. The maximum absolute atomic E-state index is 6.02. The molecule has 19 heavy (non-hydrogen) atoms. The Kier molecular flexibility index (Phi) is 5.51. The Labute approximate surface area is 133 Å². The van der Waals surface area contributed by atoms with E-state index in [0.29, 0.717) is 5.88 Å². The van der Waals surface area contributed by atoms with Crippen molar-refractivity contribution in [2.24, 2.45) is 5.92 Å². The number of alkyl halides is 1. The SMILES string of the molecule is CC(C)CCCCn1c(CCl)nc2cc(I)ccc21. The third-order valence-electron chi connectivity index (χ3n) is 3.32. The number of aromatic nitrogens is 2. The van der Waals surface area contributed by atoms with Gasteiger partial charge < -0.3 is 4.57 Å². The zero-order valence-corrected chi connectivity index (χ0v) is 14.4. The molecule has 0 aliphatic carbocycles. The molecule has 2 rings (SSSR count). The van der Waals surface area contributed by atoms with E-state index in [1.807, 2.05) is 0 Å². The summed E-state index contributed by atoms with van der Waals surface area (Å²) in [6.07, 6.45) is 3.75. The molecule has 0 unspecified atom stereocenters. The van der Waals surface area contributed by atoms with Crippen LogP contribution in [-0.4, -0.2) is 9.55 Å². The molecular formula is C15H20ClIN2. The highest BCUT2D eigenvalue weighted by Crippen LogP contribution is 2.21. The maximum atomic E-state index is 6.02. The fourth-order valence-corrected chi connectivity index (χ4v) is 3.01. The first-order valence-corrected chi connectivity index (χ1v) is 8.43. The highest BCUT2D eigenvalue weighted by molar-refractivity contribution is 14.1. The lowest BCUT2D eigenvalue weighted by molar-refractivity contribution is 0.509. The van der Waals surface area contributed by atoms with Crippen molar-refractivity contribution < 1.29 is 0 Å². The van der Waals surface area contributed by atoms with Gasteiger partial charge in [-0.3, -0.25) is 0 Å². The van der Waals surface area contributed by atoms with Crippen LogP contribution in [0, 0.1) is 9.49 Å². The predicted octanol–water partition coefficient (Wildman–Crippen LogP) is 5.21. The number of benzene rings is 1. The Balaban J connectivity index is 2.16. The molecule has 104 valence electrons. The number of halogens is 2. The molecule has 0 saturated carbocycles. The van der Waals surface area contributed by atoms with Gasteiger partial charge in [-0.15, -0.1) is 11.6 Å². The molecular weight excluding hydrogens is 371 g/mol. The summed E-state index contributed by atoms with van der Waals surface area (Å²) in [6, 6.07) is 6.41. The molecule has 1 aromatic carbocycles. The van der Waals surface area contributed by atoms with Gasteiger partial charge in [0.2, 0.25) is 0 Å². The van der Waals surface area contributed by atoms with E-state index in [0.717, 1.165) is 23.8 Å². The molecule has 2 nitrogen and oxygen atoms in total. The van der Waals surface area contributed by atoms with Crippen LogP contribution in [0.4, 0.5) is 0 Å². The third-order valence-corrected chi connectivity index (χ3v) is 4.23. The topological polar surface area (TPSA) is 17.8 Å². The van der Waals surface area contributed by atoms with Crippen molar-refractivity contribution in [1.29, 1.82) is 0 Å². The van der Waals surface area contributed by atoms with E-state index in [-0.39, 0.29) is 0 Å². The van der Waals surface area contributed by atoms with E-state index < -0.39 is 0 Å². The first kappa shape index (κ1) is 15.1. The molecule has 0 fully saturated rings. The standard InChI is InChI=1S/C15H20ClIN2/c1-11(2)5-3-4-8-19-14-7-6-12(17)9-13(14)18-15(19)10-16/h6-7,9,11H,3-5,8,10H2,1-2H3. The molecule has 0 bridgehead atoms. The summed E-state index contributed by atoms with van der Waals surface area (Å²) < 4.78 is 3.49. The molecule has 4 heteroatoms. The molecule has 0 atom stereocenters. The fraction of sp³-hybridized carbons (Fsp3) is 0.533. The average Bonchev–Trinajstić information content (AvgIpc) is 2.71. The van der Waals surface area contributed by atoms with E-state index in [1.165, 1.54) is 28.3 Å². The first-order chi connectivity index (χ1) is 9.11. The minimum Gasteiger partial charge on any atom is -0.327 e. The third kappa shape index (κ3) is 3.85. The van der Waals surface area contributed by atoms with Crippen molar-refractivity contribution in [2.45, 2.75) is 45.5 Å². The van der Waals surface area contributed by atoms with Crippen LogP contribution >= 0.6 is 34.2 Å². The van der Waals surface area contributed by atoms with Crippen molar-refractivity contribution in [2.75, 3.05) is 0 Å². The second-order valence-electron chi connectivity index (χ2n) is 5.34. The summed E-state index contributed by atoms with van der Waals surface area (Å²) in [5.74, 6) is 2.26. The summed E-state index contributed by atoms with van der Waals surface area (Å²) >= 11 is 8.34. The molecule has 0 aliphatic rings. The summed E-state index contributed by atoms with van der Waals surface area (Å²) in [4.78, 5) is 4.63. The Hall–Kier alpha value is -0.290. The molecule has 0 saturated heterocycles. The van der Waals surface area contributed by atoms with Gasteiger partial charge in [0.05, 0.1) is 16.9 Å². The van der Waals surface area contributed by atoms with Gasteiger partial charge in [-0.25, -0.2) is 4.98 Å². The Bertz CT molecular complexity index is 548. The lowest BCUT2D eigenvalue weighted by Crippen LogP contribution is -2.03. The normalized spacial score (nSPS) is 11.6. The minimum absolute atomic E-state index is 0.482. The number of rotatable bonds is 6. The minimum atomic E-state index is 0.482. The van der Waals surface area contributed by atoms with Crippen molar-refractivity contribution in [3.8, 4) is 0 Å². The molecule has 0 radical (unpaired) electrons. The largest absolute Gasteiger partial charge is 0.327 e. The van der Waals surface area contributed by atoms with E-state index in [9.17, 15) is 0 Å². The van der Waals surface area contributed by atoms with Crippen LogP contribution in [-0.2, 0) is 12.4 Å². The first-order valence-electron chi connectivity index (χ1n) is 6.82. The molecule has 2 aromatic rings. The Morgan fingerprint density at radius 3 is 2.79 bits per heavy atom. The molecule has 1 aromatic heterocycles. The van der Waals surface area contributed by atoms with Gasteiger partial charge in [-0.1, -0.05) is 26.7 Å². The zero-order valence-electron chi connectivity index (χ0n) is 11.5. The smallest absolute Gasteiger partial charge is 0.124 e. The van der Waals surface area contributed by atoms with Crippen molar-refractivity contribution >= 4 is 45.2 Å². The van der Waals surface area contributed by atoms with Crippen molar-refractivity contribution in [3.63, 3.8) is 0 Å². The van der Waals surface area contributed by atoms with Gasteiger partial charge in [0.15, 0.2) is 0 Å². The van der Waals surface area contributed by atoms with Crippen LogP contribution in [0.5, 0.6) is 0 Å². The molecule has 1 heterocycles. The molecule has 0 N–H and O–H groups in total. The highest BCUT2D eigenvalue weighted by atomic mass is 127. The van der Waals surface area contributed by atoms with E-state index >= 15 is 0 Å². The number of nitrogens with zero attached hydrogens (tertiary/aromatic N) is 2. The van der Waals surface area contributed by atoms with Crippen LogP contribution < -0.4 is 0 Å². The highest BCUT2D eigenvalue weighted by Gasteiger charge is 2.09. The monoisotopic (exact) mass is 390 g/mol. The van der Waals surface area contributed by atoms with Gasteiger partial charge in [0.25, 0.3) is 0 Å². The lowest BCUT2D eigenvalue weighted by atomic mass is 10.1. The summed E-state index contributed by atoms with van der Waals surface area (Å²) in [6.45, 7) is 5.57. The number of unbranched alkanes of at least 4 members (excludes halogenated alkanes) is 1. The van der Waals surface area contributed by atoms with Gasteiger partial charge in [0.1, 0.15) is 5.82 Å². The Morgan fingerprint density at radius 1 is 1.32 bits per heavy atom. The summed E-state index contributed by atoms with van der Waals surface area (Å²) in [5.41, 5.74) is 2.27. The van der Waals surface area contributed by atoms with Gasteiger partial charge >= 0.3 is 0 Å². The second kappa shape index (κ2) is 6.93. The molecule has 0 aliphatic heterocycles. The number of fused-ring (bicyclic) bond motifs is 1. The van der Waals surface area contributed by atoms with Gasteiger partial charge in [-0.05, 0) is 53.1 Å². The Morgan fingerprint density at radius 2 is 2.11 bits per heavy atom. The van der Waals surface area contributed by atoms with Crippen molar-refractivity contribution in [3.05, 3.63) is 27.6 Å². The number of hydrogen-bond donors (Lipinski definition) is 0. The molecule has 0 amide bonds. The molecule has 0 spiro atoms. The van der Waals surface area contributed by atoms with Crippen LogP contribution in [0.25, 0.3) is 11.0 Å². The van der Waals surface area contributed by atoms with Crippen LogP contribution in [0.1, 0.15) is 38.9 Å². The summed E-state index contributed by atoms with van der Waals surface area (Å²) in [7, 11) is 0. The quantitative estimate of drug-likeness (QED) is 0.376. The van der Waals surface area contributed by atoms with Crippen LogP contribution in [0.15, 0.2) is 18.2 Å². The van der Waals surface area contributed by atoms with E-state index in [4.69, 9.17) is 11.6 Å². The maximum Gasteiger partial charge on any atom is 0.124 e.